The molecular weight excluding hydrogens is 358 g/mol. The zero-order valence-corrected chi connectivity index (χ0v) is 16.6. The second-order valence-electron chi connectivity index (χ2n) is 7.79. The molecule has 1 N–H and O–H groups in total. The summed E-state index contributed by atoms with van der Waals surface area (Å²) in [5.41, 5.74) is 1.19. The maximum absolute atomic E-state index is 12.9. The van der Waals surface area contributed by atoms with Gasteiger partial charge in [-0.15, -0.1) is 0 Å². The van der Waals surface area contributed by atoms with Crippen LogP contribution in [0.2, 0.25) is 0 Å². The Morgan fingerprint density at radius 3 is 2.57 bits per heavy atom. The molecule has 2 heterocycles. The first-order chi connectivity index (χ1) is 13.5. The molecule has 1 atom stereocenters. The Morgan fingerprint density at radius 1 is 1.18 bits per heavy atom. The Hall–Kier alpha value is -2.41. The number of nitrogens with one attached hydrogen (secondary N) is 1. The van der Waals surface area contributed by atoms with E-state index >= 15 is 0 Å². The predicted octanol–water partition coefficient (Wildman–Crippen LogP) is 1.82. The van der Waals surface area contributed by atoms with E-state index in [1.165, 1.54) is 0 Å². The summed E-state index contributed by atoms with van der Waals surface area (Å²) in [6, 6.07) is 6.49. The zero-order chi connectivity index (χ0) is 20.1. The van der Waals surface area contributed by atoms with Crippen LogP contribution in [0.15, 0.2) is 24.3 Å². The number of amides is 3. The molecule has 28 heavy (non-hydrogen) atoms. The molecule has 2 saturated heterocycles. The van der Waals surface area contributed by atoms with Crippen LogP contribution in [0.5, 0.6) is 0 Å². The number of anilines is 1. The minimum absolute atomic E-state index is 0.0591. The molecule has 3 amide bonds. The third kappa shape index (κ3) is 4.90. The van der Waals surface area contributed by atoms with Crippen molar-refractivity contribution in [3.8, 4) is 0 Å². The molecule has 0 radical (unpaired) electrons. The van der Waals surface area contributed by atoms with Gasteiger partial charge >= 0.3 is 0 Å². The van der Waals surface area contributed by atoms with E-state index in [9.17, 15) is 14.4 Å². The van der Waals surface area contributed by atoms with Gasteiger partial charge in [-0.2, -0.15) is 0 Å². The number of nitrogens with zero attached hydrogens (tertiary/aromatic N) is 2. The summed E-state index contributed by atoms with van der Waals surface area (Å²) in [5, 5.41) is 2.92. The highest BCUT2D eigenvalue weighted by atomic mass is 16.5. The maximum Gasteiger partial charge on any atom is 0.252 e. The Bertz CT molecular complexity index is 728. The van der Waals surface area contributed by atoms with Crippen molar-refractivity contribution in [2.75, 3.05) is 37.7 Å². The van der Waals surface area contributed by atoms with E-state index in [2.05, 4.69) is 5.32 Å². The van der Waals surface area contributed by atoms with Gasteiger partial charge < -0.3 is 19.9 Å². The number of hydrogen-bond acceptors (Lipinski definition) is 4. The summed E-state index contributed by atoms with van der Waals surface area (Å²) in [5.74, 6) is -0.00133. The molecule has 152 valence electrons. The van der Waals surface area contributed by atoms with E-state index in [1.54, 1.807) is 28.0 Å². The summed E-state index contributed by atoms with van der Waals surface area (Å²) in [6.07, 6.45) is 1.95. The van der Waals surface area contributed by atoms with E-state index in [0.29, 0.717) is 51.3 Å². The van der Waals surface area contributed by atoms with E-state index in [4.69, 9.17) is 4.74 Å². The van der Waals surface area contributed by atoms with Crippen molar-refractivity contribution in [2.24, 2.45) is 5.92 Å². The van der Waals surface area contributed by atoms with E-state index in [0.717, 1.165) is 12.1 Å². The molecule has 2 fully saturated rings. The molecule has 0 bridgehead atoms. The minimum atomic E-state index is -0.567. The highest BCUT2D eigenvalue weighted by molar-refractivity contribution is 6.00. The number of carbonyl (C=O) groups excluding carboxylic acids is 3. The number of carbonyl (C=O) groups is 3. The minimum Gasteiger partial charge on any atom is -0.378 e. The first kappa shape index (κ1) is 20.3. The average Bonchev–Trinajstić information content (AvgIpc) is 3.13. The van der Waals surface area contributed by atoms with Gasteiger partial charge in [0.2, 0.25) is 11.8 Å². The number of ether oxygens (including phenoxy) is 1. The van der Waals surface area contributed by atoms with Gasteiger partial charge in [0.15, 0.2) is 0 Å². The van der Waals surface area contributed by atoms with Gasteiger partial charge in [0.05, 0.1) is 13.2 Å². The first-order valence-electron chi connectivity index (χ1n) is 10.0. The van der Waals surface area contributed by atoms with Crippen LogP contribution in [-0.4, -0.2) is 61.5 Å². The smallest absolute Gasteiger partial charge is 0.252 e. The van der Waals surface area contributed by atoms with Crippen LogP contribution in [0.25, 0.3) is 0 Å². The fourth-order valence-electron chi connectivity index (χ4n) is 3.67. The molecule has 0 spiro atoms. The molecular formula is C21H29N3O4. The van der Waals surface area contributed by atoms with Crippen molar-refractivity contribution in [2.45, 2.75) is 39.2 Å². The van der Waals surface area contributed by atoms with Gasteiger partial charge in [0.25, 0.3) is 5.91 Å². The predicted molar refractivity (Wildman–Crippen MR) is 106 cm³/mol. The van der Waals surface area contributed by atoms with Crippen LogP contribution >= 0.6 is 0 Å². The van der Waals surface area contributed by atoms with Crippen LogP contribution < -0.4 is 10.2 Å². The van der Waals surface area contributed by atoms with Gasteiger partial charge in [-0.1, -0.05) is 19.9 Å². The van der Waals surface area contributed by atoms with Gasteiger partial charge in [0, 0.05) is 37.3 Å². The van der Waals surface area contributed by atoms with Gasteiger partial charge in [-0.05, 0) is 37.0 Å². The van der Waals surface area contributed by atoms with E-state index < -0.39 is 6.04 Å². The monoisotopic (exact) mass is 387 g/mol. The normalized spacial score (nSPS) is 18.5. The fourth-order valence-corrected chi connectivity index (χ4v) is 3.67. The highest BCUT2D eigenvalue weighted by Gasteiger charge is 2.28. The van der Waals surface area contributed by atoms with Crippen molar-refractivity contribution >= 4 is 23.4 Å². The molecule has 0 unspecified atom stereocenters. The molecule has 2 aliphatic rings. The standard InChI is InChI=1S/C21H29N3O4/c1-15(2)13-18(21(27)23-9-11-28-12-10-23)22-20(26)16-5-3-6-17(14-16)24-8-4-7-19(24)25/h3,5-6,14-15,18H,4,7-13H2,1-2H3,(H,22,26)/t18-/m1/s1. The Labute approximate surface area is 166 Å². The molecule has 3 rings (SSSR count). The third-order valence-electron chi connectivity index (χ3n) is 5.13. The topological polar surface area (TPSA) is 79.0 Å². The SMILES string of the molecule is CC(C)C[C@@H](NC(=O)c1cccc(N2CCCC2=O)c1)C(=O)N1CCOCC1. The largest absolute Gasteiger partial charge is 0.378 e. The molecule has 0 aromatic heterocycles. The summed E-state index contributed by atoms with van der Waals surface area (Å²) in [7, 11) is 0. The summed E-state index contributed by atoms with van der Waals surface area (Å²) in [6.45, 7) is 6.90. The van der Waals surface area contributed by atoms with Gasteiger partial charge in [-0.3, -0.25) is 14.4 Å². The van der Waals surface area contributed by atoms with E-state index in [-0.39, 0.29) is 23.6 Å². The van der Waals surface area contributed by atoms with Crippen molar-refractivity contribution < 1.29 is 19.1 Å². The Balaban J connectivity index is 1.72. The molecule has 1 aromatic rings. The highest BCUT2D eigenvalue weighted by Crippen LogP contribution is 2.22. The quantitative estimate of drug-likeness (QED) is 0.808. The van der Waals surface area contributed by atoms with Crippen LogP contribution in [-0.2, 0) is 14.3 Å². The number of hydrogen-bond donors (Lipinski definition) is 1. The number of rotatable bonds is 6. The lowest BCUT2D eigenvalue weighted by atomic mass is 10.0. The molecule has 7 nitrogen and oxygen atoms in total. The van der Waals surface area contributed by atoms with Crippen LogP contribution in [0, 0.1) is 5.92 Å². The summed E-state index contributed by atoms with van der Waals surface area (Å²) in [4.78, 5) is 41.2. The van der Waals surface area contributed by atoms with Crippen molar-refractivity contribution in [3.63, 3.8) is 0 Å². The van der Waals surface area contributed by atoms with Crippen molar-refractivity contribution in [3.05, 3.63) is 29.8 Å². The van der Waals surface area contributed by atoms with Gasteiger partial charge in [0.1, 0.15) is 6.04 Å². The van der Waals surface area contributed by atoms with Gasteiger partial charge in [-0.25, -0.2) is 0 Å². The molecule has 1 aromatic carbocycles. The van der Waals surface area contributed by atoms with Crippen molar-refractivity contribution in [1.82, 2.24) is 10.2 Å². The fraction of sp³-hybridized carbons (Fsp3) is 0.571. The molecule has 7 heteroatoms. The second kappa shape index (κ2) is 9.19. The second-order valence-corrected chi connectivity index (χ2v) is 7.79. The van der Waals surface area contributed by atoms with Crippen molar-refractivity contribution in [1.29, 1.82) is 0 Å². The van der Waals surface area contributed by atoms with E-state index in [1.807, 2.05) is 19.9 Å². The molecule has 0 aliphatic carbocycles. The Kier molecular flexibility index (Phi) is 6.67. The molecule has 0 saturated carbocycles. The van der Waals surface area contributed by atoms with Crippen LogP contribution in [0.1, 0.15) is 43.5 Å². The first-order valence-corrected chi connectivity index (χ1v) is 10.0. The lowest BCUT2D eigenvalue weighted by molar-refractivity contribution is -0.137. The molecule has 2 aliphatic heterocycles. The van der Waals surface area contributed by atoms with Crippen LogP contribution in [0.4, 0.5) is 5.69 Å². The van der Waals surface area contributed by atoms with Crippen LogP contribution in [0.3, 0.4) is 0 Å². The number of morpholine rings is 1. The average molecular weight is 387 g/mol. The summed E-state index contributed by atoms with van der Waals surface area (Å²) < 4.78 is 5.32. The summed E-state index contributed by atoms with van der Waals surface area (Å²) >= 11 is 0. The lowest BCUT2D eigenvalue weighted by Crippen LogP contribution is -2.52. The number of benzene rings is 1. The lowest BCUT2D eigenvalue weighted by Gasteiger charge is -2.31. The third-order valence-corrected chi connectivity index (χ3v) is 5.13. The Morgan fingerprint density at radius 2 is 1.93 bits per heavy atom. The maximum atomic E-state index is 12.9. The zero-order valence-electron chi connectivity index (χ0n) is 16.6.